The fourth-order valence-electron chi connectivity index (χ4n) is 4.03. The van der Waals surface area contributed by atoms with Crippen molar-refractivity contribution in [1.29, 1.82) is 0 Å². The van der Waals surface area contributed by atoms with E-state index in [4.69, 9.17) is 0 Å². The van der Waals surface area contributed by atoms with E-state index in [1.54, 1.807) is 11.1 Å². The van der Waals surface area contributed by atoms with Crippen molar-refractivity contribution in [3.05, 3.63) is 53.1 Å². The van der Waals surface area contributed by atoms with Gasteiger partial charge in [0.1, 0.15) is 5.82 Å². The van der Waals surface area contributed by atoms with Crippen LogP contribution >= 0.6 is 0 Å². The van der Waals surface area contributed by atoms with Crippen LogP contribution in [0.5, 0.6) is 0 Å². The Morgan fingerprint density at radius 2 is 2.00 bits per heavy atom. The highest BCUT2D eigenvalue weighted by molar-refractivity contribution is 5.29. The van der Waals surface area contributed by atoms with Crippen molar-refractivity contribution in [2.75, 3.05) is 6.54 Å². The fourth-order valence-corrected chi connectivity index (χ4v) is 4.03. The molecule has 0 unspecified atom stereocenters. The molecule has 1 saturated heterocycles. The first kappa shape index (κ1) is 13.1. The molecule has 0 radical (unpaired) electrons. The van der Waals surface area contributed by atoms with Crippen LogP contribution in [-0.4, -0.2) is 27.5 Å². The van der Waals surface area contributed by atoms with E-state index in [2.05, 4.69) is 46.1 Å². The molecular formula is C18H23N3. The van der Waals surface area contributed by atoms with E-state index in [-0.39, 0.29) is 0 Å². The third kappa shape index (κ3) is 2.62. The van der Waals surface area contributed by atoms with Crippen molar-refractivity contribution >= 4 is 0 Å². The highest BCUT2D eigenvalue weighted by Gasteiger charge is 2.32. The number of nitrogens with zero attached hydrogens (tertiary/aromatic N) is 2. The molecule has 1 aromatic carbocycles. The third-order valence-corrected chi connectivity index (χ3v) is 5.11. The normalized spacial score (nSPS) is 25.4. The summed E-state index contributed by atoms with van der Waals surface area (Å²) in [6, 6.07) is 9.71. The predicted molar refractivity (Wildman–Crippen MR) is 84.1 cm³/mol. The third-order valence-electron chi connectivity index (χ3n) is 5.11. The van der Waals surface area contributed by atoms with Crippen LogP contribution in [0.3, 0.4) is 0 Å². The number of fused-ring (bicyclic) bond motifs is 2. The first-order valence-electron chi connectivity index (χ1n) is 8.09. The molecule has 3 aliphatic rings. The van der Waals surface area contributed by atoms with E-state index < -0.39 is 0 Å². The Labute approximate surface area is 126 Å². The maximum absolute atomic E-state index is 4.49. The molecule has 1 aromatic heterocycles. The van der Waals surface area contributed by atoms with Gasteiger partial charge < -0.3 is 4.98 Å². The highest BCUT2D eigenvalue weighted by Crippen LogP contribution is 2.32. The van der Waals surface area contributed by atoms with Crippen LogP contribution in [0.25, 0.3) is 0 Å². The van der Waals surface area contributed by atoms with Crippen LogP contribution < -0.4 is 0 Å². The molecule has 5 rings (SSSR count). The van der Waals surface area contributed by atoms with E-state index in [0.29, 0.717) is 6.04 Å². The minimum atomic E-state index is 0.674. The smallest absolute Gasteiger partial charge is 0.120 e. The second-order valence-corrected chi connectivity index (χ2v) is 6.72. The molecule has 3 heterocycles. The molecule has 3 nitrogen and oxygen atoms in total. The van der Waals surface area contributed by atoms with E-state index in [9.17, 15) is 0 Å². The van der Waals surface area contributed by atoms with Crippen LogP contribution in [-0.2, 0) is 19.4 Å². The number of nitrogens with one attached hydrogen (secondary N) is 1. The van der Waals surface area contributed by atoms with E-state index in [1.807, 2.05) is 6.20 Å². The van der Waals surface area contributed by atoms with E-state index in [0.717, 1.165) is 24.0 Å². The summed E-state index contributed by atoms with van der Waals surface area (Å²) in [4.78, 5) is 10.5. The lowest BCUT2D eigenvalue weighted by Crippen LogP contribution is -2.46. The lowest BCUT2D eigenvalue weighted by Gasteiger charge is -2.42. The van der Waals surface area contributed by atoms with Gasteiger partial charge in [-0.05, 0) is 49.7 Å². The molecule has 0 saturated carbocycles. The van der Waals surface area contributed by atoms with Gasteiger partial charge in [0.2, 0.25) is 0 Å². The largest absolute Gasteiger partial charge is 0.345 e. The van der Waals surface area contributed by atoms with Gasteiger partial charge in [-0.3, -0.25) is 4.90 Å². The van der Waals surface area contributed by atoms with Gasteiger partial charge in [0.15, 0.2) is 0 Å². The Morgan fingerprint density at radius 3 is 2.76 bits per heavy atom. The van der Waals surface area contributed by atoms with Gasteiger partial charge in [-0.1, -0.05) is 24.3 Å². The molecule has 110 valence electrons. The summed E-state index contributed by atoms with van der Waals surface area (Å²) in [5.74, 6) is 1.92. The SMILES string of the molecule is Cc1cnc(CN2C[C@@H]3CC[C@@H]2Cc2ccccc2C3)[nH]1. The van der Waals surface area contributed by atoms with Crippen molar-refractivity contribution in [2.45, 2.75) is 45.2 Å². The number of hydrogen-bond donors (Lipinski definition) is 1. The first-order valence-corrected chi connectivity index (χ1v) is 8.09. The molecule has 2 aromatic rings. The summed E-state index contributed by atoms with van der Waals surface area (Å²) >= 11 is 0. The van der Waals surface area contributed by atoms with Gasteiger partial charge >= 0.3 is 0 Å². The molecule has 1 fully saturated rings. The van der Waals surface area contributed by atoms with Crippen molar-refractivity contribution in [3.8, 4) is 0 Å². The number of aromatic nitrogens is 2. The van der Waals surface area contributed by atoms with Crippen LogP contribution in [0, 0.1) is 12.8 Å². The van der Waals surface area contributed by atoms with Gasteiger partial charge in [0.25, 0.3) is 0 Å². The van der Waals surface area contributed by atoms with Crippen molar-refractivity contribution in [1.82, 2.24) is 14.9 Å². The summed E-state index contributed by atoms with van der Waals surface area (Å²) in [5.41, 5.74) is 4.31. The predicted octanol–water partition coefficient (Wildman–Crippen LogP) is 3.10. The number of aromatic amines is 1. The molecular weight excluding hydrogens is 258 g/mol. The summed E-state index contributed by atoms with van der Waals surface area (Å²) < 4.78 is 0. The molecule has 21 heavy (non-hydrogen) atoms. The standard InChI is InChI=1S/C18H23N3/c1-13-10-19-18(20-13)12-21-11-14-6-7-17(21)9-16-5-3-2-4-15(16)8-14/h2-5,10,14,17H,6-9,11-12H2,1H3,(H,19,20)/t14-,17-/m1/s1. The minimum absolute atomic E-state index is 0.674. The minimum Gasteiger partial charge on any atom is -0.345 e. The van der Waals surface area contributed by atoms with Gasteiger partial charge in [-0.25, -0.2) is 4.98 Å². The molecule has 2 bridgehead atoms. The summed E-state index contributed by atoms with van der Waals surface area (Å²) in [6.07, 6.45) is 7.09. The Balaban J connectivity index is 1.58. The van der Waals surface area contributed by atoms with Crippen molar-refractivity contribution < 1.29 is 0 Å². The maximum Gasteiger partial charge on any atom is 0.120 e. The van der Waals surface area contributed by atoms with E-state index in [1.165, 1.54) is 32.2 Å². The Bertz CT molecular complexity index is 631. The zero-order chi connectivity index (χ0) is 14.2. The number of rotatable bonds is 2. The van der Waals surface area contributed by atoms with Gasteiger partial charge in [0, 0.05) is 24.5 Å². The maximum atomic E-state index is 4.49. The topological polar surface area (TPSA) is 31.9 Å². The number of H-pyrrole nitrogens is 1. The molecule has 3 heteroatoms. The lowest BCUT2D eigenvalue weighted by atomic mass is 9.80. The number of imidazole rings is 1. The van der Waals surface area contributed by atoms with Crippen LogP contribution in [0.4, 0.5) is 0 Å². The van der Waals surface area contributed by atoms with Gasteiger partial charge in [0.05, 0.1) is 6.54 Å². The summed E-state index contributed by atoms with van der Waals surface area (Å²) in [6.45, 7) is 4.27. The zero-order valence-corrected chi connectivity index (χ0v) is 12.7. The lowest BCUT2D eigenvalue weighted by molar-refractivity contribution is 0.0914. The number of benzene rings is 1. The number of aryl methyl sites for hydroxylation is 1. The Kier molecular flexibility index (Phi) is 3.30. The molecule has 2 aliphatic heterocycles. The molecule has 2 atom stereocenters. The van der Waals surface area contributed by atoms with Crippen molar-refractivity contribution in [3.63, 3.8) is 0 Å². The number of piperidine rings is 1. The van der Waals surface area contributed by atoms with Crippen LogP contribution in [0.15, 0.2) is 30.5 Å². The first-order chi connectivity index (χ1) is 10.3. The number of hydrogen-bond acceptors (Lipinski definition) is 2. The fraction of sp³-hybridized carbons (Fsp3) is 0.500. The molecule has 0 amide bonds. The zero-order valence-electron chi connectivity index (χ0n) is 12.7. The summed E-state index contributed by atoms with van der Waals surface area (Å²) in [7, 11) is 0. The van der Waals surface area contributed by atoms with Gasteiger partial charge in [-0.15, -0.1) is 0 Å². The second-order valence-electron chi connectivity index (χ2n) is 6.72. The average molecular weight is 281 g/mol. The Morgan fingerprint density at radius 1 is 1.19 bits per heavy atom. The molecule has 1 N–H and O–H groups in total. The molecule has 1 aliphatic carbocycles. The monoisotopic (exact) mass is 281 g/mol. The second kappa shape index (κ2) is 5.30. The molecule has 0 spiro atoms. The van der Waals surface area contributed by atoms with E-state index >= 15 is 0 Å². The van der Waals surface area contributed by atoms with Crippen LogP contribution in [0.2, 0.25) is 0 Å². The Hall–Kier alpha value is -1.61. The quantitative estimate of drug-likeness (QED) is 0.917. The van der Waals surface area contributed by atoms with Crippen molar-refractivity contribution in [2.24, 2.45) is 5.92 Å². The average Bonchev–Trinajstić information content (AvgIpc) is 2.85. The summed E-state index contributed by atoms with van der Waals surface area (Å²) in [5, 5.41) is 0. The van der Waals surface area contributed by atoms with Crippen LogP contribution in [0.1, 0.15) is 35.5 Å². The highest BCUT2D eigenvalue weighted by atomic mass is 15.2. The van der Waals surface area contributed by atoms with Gasteiger partial charge in [-0.2, -0.15) is 0 Å².